The Kier molecular flexibility index (Phi) is 8.78. The van der Waals surface area contributed by atoms with Crippen LogP contribution in [0.5, 0.6) is 0 Å². The fourth-order valence-corrected chi connectivity index (χ4v) is 4.66. The number of amides is 2. The second-order valence-corrected chi connectivity index (χ2v) is 9.08. The molecule has 2 aromatic carbocycles. The number of aliphatic hydroxyl groups excluding tert-OH is 1. The first kappa shape index (κ1) is 24.6. The van der Waals surface area contributed by atoms with Gasteiger partial charge >= 0.3 is 0 Å². The number of benzene rings is 2. The number of Topliss-reactive ketones (excluding diaryl/α,β-unsaturated/α-hetero) is 1. The summed E-state index contributed by atoms with van der Waals surface area (Å²) in [6, 6.07) is 17.7. The highest BCUT2D eigenvalue weighted by Gasteiger charge is 2.38. The lowest BCUT2D eigenvalue weighted by Gasteiger charge is -2.37. The van der Waals surface area contributed by atoms with Gasteiger partial charge in [0.15, 0.2) is 0 Å². The fraction of sp³-hybridized carbons (Fsp3) is 0.444. The van der Waals surface area contributed by atoms with E-state index in [0.717, 1.165) is 23.1 Å². The van der Waals surface area contributed by atoms with Gasteiger partial charge in [-0.2, -0.15) is 0 Å². The zero-order valence-corrected chi connectivity index (χ0v) is 19.5. The zero-order valence-electron chi connectivity index (χ0n) is 19.5. The second kappa shape index (κ2) is 11.8. The Bertz CT molecular complexity index is 960. The monoisotopic (exact) mass is 450 g/mol. The molecule has 33 heavy (non-hydrogen) atoms. The molecule has 1 fully saturated rings. The van der Waals surface area contributed by atoms with Crippen molar-refractivity contribution in [2.24, 2.45) is 11.8 Å². The predicted molar refractivity (Wildman–Crippen MR) is 127 cm³/mol. The highest BCUT2D eigenvalue weighted by atomic mass is 16.3. The summed E-state index contributed by atoms with van der Waals surface area (Å²) in [5, 5.41) is 14.1. The Morgan fingerprint density at radius 1 is 1.06 bits per heavy atom. The molecule has 6 heteroatoms. The Balaban J connectivity index is 1.72. The van der Waals surface area contributed by atoms with Crippen LogP contribution in [0.4, 0.5) is 0 Å². The molecule has 3 atom stereocenters. The van der Waals surface area contributed by atoms with Crippen LogP contribution in [-0.2, 0) is 33.9 Å². The highest BCUT2D eigenvalue weighted by Crippen LogP contribution is 2.30. The van der Waals surface area contributed by atoms with E-state index in [2.05, 4.69) is 5.32 Å². The molecule has 2 aromatic rings. The fourth-order valence-electron chi connectivity index (χ4n) is 4.66. The van der Waals surface area contributed by atoms with Crippen LogP contribution >= 0.6 is 0 Å². The molecule has 176 valence electrons. The average Bonchev–Trinajstić information content (AvgIpc) is 2.79. The van der Waals surface area contributed by atoms with E-state index in [0.29, 0.717) is 32.5 Å². The van der Waals surface area contributed by atoms with Gasteiger partial charge in [0.2, 0.25) is 11.8 Å². The van der Waals surface area contributed by atoms with Crippen molar-refractivity contribution >= 4 is 17.6 Å². The Hall–Kier alpha value is -2.99. The van der Waals surface area contributed by atoms with E-state index in [9.17, 15) is 19.5 Å². The largest absolute Gasteiger partial charge is 0.392 e. The van der Waals surface area contributed by atoms with E-state index in [1.54, 1.807) is 0 Å². The lowest BCUT2D eigenvalue weighted by molar-refractivity contribution is -0.146. The molecule has 0 bridgehead atoms. The van der Waals surface area contributed by atoms with Crippen LogP contribution < -0.4 is 5.32 Å². The summed E-state index contributed by atoms with van der Waals surface area (Å²) in [5.74, 6) is -0.983. The molecule has 2 amide bonds. The molecule has 3 rings (SSSR count). The first-order chi connectivity index (χ1) is 15.8. The molecule has 1 aliphatic rings. The van der Waals surface area contributed by atoms with Crippen molar-refractivity contribution in [2.45, 2.75) is 58.7 Å². The quantitative estimate of drug-likeness (QED) is 0.582. The number of piperidine rings is 1. The minimum Gasteiger partial charge on any atom is -0.392 e. The standard InChI is InChI=1S/C27H34N2O4/c1-19(30)14-24(16-22-10-6-11-23(15-22)17-28-20(2)31)26(32)25-12-7-13-29(27(25)33)18-21-8-4-3-5-9-21/h3-6,8-11,15,24-26,32H,7,12-14,16-18H2,1-2H3,(H,28,31)/t24-,25-,26-/m0/s1. The van der Waals surface area contributed by atoms with Crippen molar-refractivity contribution < 1.29 is 19.5 Å². The zero-order chi connectivity index (χ0) is 23.8. The molecule has 0 spiro atoms. The molecule has 0 saturated carbocycles. The first-order valence-electron chi connectivity index (χ1n) is 11.7. The lowest BCUT2D eigenvalue weighted by Crippen LogP contribution is -2.47. The maximum Gasteiger partial charge on any atom is 0.228 e. The van der Waals surface area contributed by atoms with Crippen LogP contribution in [0.2, 0.25) is 0 Å². The smallest absolute Gasteiger partial charge is 0.228 e. The highest BCUT2D eigenvalue weighted by molar-refractivity contribution is 5.80. The Morgan fingerprint density at radius 2 is 1.76 bits per heavy atom. The number of rotatable bonds is 10. The summed E-state index contributed by atoms with van der Waals surface area (Å²) < 4.78 is 0. The van der Waals surface area contributed by atoms with Crippen molar-refractivity contribution in [2.75, 3.05) is 6.54 Å². The van der Waals surface area contributed by atoms with Gasteiger partial charge in [0.25, 0.3) is 0 Å². The van der Waals surface area contributed by atoms with E-state index in [1.807, 2.05) is 59.5 Å². The van der Waals surface area contributed by atoms with Gasteiger partial charge in [0.05, 0.1) is 12.0 Å². The van der Waals surface area contributed by atoms with Gasteiger partial charge in [0.1, 0.15) is 5.78 Å². The van der Waals surface area contributed by atoms with E-state index in [4.69, 9.17) is 0 Å². The minimum atomic E-state index is -0.890. The third-order valence-electron chi connectivity index (χ3n) is 6.26. The number of hydrogen-bond acceptors (Lipinski definition) is 4. The topological polar surface area (TPSA) is 86.7 Å². The van der Waals surface area contributed by atoms with Crippen molar-refractivity contribution in [3.63, 3.8) is 0 Å². The summed E-state index contributed by atoms with van der Waals surface area (Å²) in [6.45, 7) is 4.65. The third-order valence-corrected chi connectivity index (χ3v) is 6.26. The average molecular weight is 451 g/mol. The summed E-state index contributed by atoms with van der Waals surface area (Å²) >= 11 is 0. The van der Waals surface area contributed by atoms with Crippen molar-refractivity contribution in [3.05, 3.63) is 71.3 Å². The first-order valence-corrected chi connectivity index (χ1v) is 11.7. The number of carbonyl (C=O) groups is 3. The number of ketones is 1. The Morgan fingerprint density at radius 3 is 2.45 bits per heavy atom. The van der Waals surface area contributed by atoms with Crippen LogP contribution in [0.15, 0.2) is 54.6 Å². The molecule has 1 aliphatic heterocycles. The molecule has 0 radical (unpaired) electrons. The van der Waals surface area contributed by atoms with Crippen LogP contribution in [0.25, 0.3) is 0 Å². The molecule has 0 aromatic heterocycles. The maximum absolute atomic E-state index is 13.3. The van der Waals surface area contributed by atoms with E-state index in [1.165, 1.54) is 13.8 Å². The summed E-state index contributed by atoms with van der Waals surface area (Å²) in [4.78, 5) is 38.3. The van der Waals surface area contributed by atoms with Crippen LogP contribution in [0.3, 0.4) is 0 Å². The summed E-state index contributed by atoms with van der Waals surface area (Å²) in [5.41, 5.74) is 3.01. The SMILES string of the molecule is CC(=O)C[C@@H](Cc1cccc(CNC(C)=O)c1)[C@H](O)[C@@H]1CCCN(Cc2ccccc2)C1=O. The molecular formula is C27H34N2O4. The molecule has 0 aliphatic carbocycles. The van der Waals surface area contributed by atoms with Crippen LogP contribution in [0.1, 0.15) is 49.8 Å². The van der Waals surface area contributed by atoms with Gasteiger partial charge in [-0.1, -0.05) is 54.6 Å². The summed E-state index contributed by atoms with van der Waals surface area (Å²) in [6.07, 6.45) is 1.29. The minimum absolute atomic E-state index is 0.00199. The molecular weight excluding hydrogens is 416 g/mol. The van der Waals surface area contributed by atoms with Gasteiger partial charge in [-0.25, -0.2) is 0 Å². The van der Waals surface area contributed by atoms with Crippen molar-refractivity contribution in [1.82, 2.24) is 10.2 Å². The van der Waals surface area contributed by atoms with Crippen LogP contribution in [-0.4, -0.2) is 40.3 Å². The van der Waals surface area contributed by atoms with Gasteiger partial charge in [-0.3, -0.25) is 9.59 Å². The molecule has 2 N–H and O–H groups in total. The third kappa shape index (κ3) is 7.26. The second-order valence-electron chi connectivity index (χ2n) is 9.08. The van der Waals surface area contributed by atoms with Crippen molar-refractivity contribution in [3.8, 4) is 0 Å². The number of carbonyl (C=O) groups excluding carboxylic acids is 3. The number of aliphatic hydroxyl groups is 1. The number of likely N-dealkylation sites (tertiary alicyclic amines) is 1. The predicted octanol–water partition coefficient (Wildman–Crippen LogP) is 3.26. The van der Waals surface area contributed by atoms with Gasteiger partial charge in [0, 0.05) is 33.0 Å². The maximum atomic E-state index is 13.3. The molecule has 6 nitrogen and oxygen atoms in total. The normalized spacial score (nSPS) is 18.0. The molecule has 0 unspecified atom stereocenters. The number of nitrogens with one attached hydrogen (secondary N) is 1. The van der Waals surface area contributed by atoms with Crippen molar-refractivity contribution in [1.29, 1.82) is 0 Å². The van der Waals surface area contributed by atoms with Gasteiger partial charge < -0.3 is 20.1 Å². The van der Waals surface area contributed by atoms with E-state index >= 15 is 0 Å². The van der Waals surface area contributed by atoms with E-state index < -0.39 is 12.0 Å². The van der Waals surface area contributed by atoms with Gasteiger partial charge in [-0.15, -0.1) is 0 Å². The molecule has 1 heterocycles. The van der Waals surface area contributed by atoms with E-state index in [-0.39, 0.29) is 29.9 Å². The lowest BCUT2D eigenvalue weighted by atomic mass is 9.79. The molecule has 1 saturated heterocycles. The van der Waals surface area contributed by atoms with Gasteiger partial charge in [-0.05, 0) is 48.8 Å². The summed E-state index contributed by atoms with van der Waals surface area (Å²) in [7, 11) is 0. The number of nitrogens with zero attached hydrogens (tertiary/aromatic N) is 1. The number of hydrogen-bond donors (Lipinski definition) is 2. The van der Waals surface area contributed by atoms with Crippen LogP contribution in [0, 0.1) is 11.8 Å². The Labute approximate surface area is 196 Å².